The summed E-state index contributed by atoms with van der Waals surface area (Å²) in [6, 6.07) is 0. The maximum Gasteiger partial charge on any atom is -0.00111 e. The van der Waals surface area contributed by atoms with E-state index in [0.717, 1.165) is 12.8 Å². The van der Waals surface area contributed by atoms with Crippen LogP contribution < -0.4 is 22.9 Å². The summed E-state index contributed by atoms with van der Waals surface area (Å²) in [5, 5.41) is 0. The van der Waals surface area contributed by atoms with Crippen molar-refractivity contribution in [2.45, 2.75) is 46.0 Å². The minimum atomic E-state index is 0.116. The maximum absolute atomic E-state index is 5.73. The molecule has 17 heavy (non-hydrogen) atoms. The van der Waals surface area contributed by atoms with Gasteiger partial charge < -0.3 is 22.9 Å². The second kappa shape index (κ2) is 8.03. The predicted molar refractivity (Wildman–Crippen MR) is 75.5 cm³/mol. The second-order valence-corrected chi connectivity index (χ2v) is 6.00. The van der Waals surface area contributed by atoms with Crippen LogP contribution in [0.5, 0.6) is 0 Å². The molecule has 0 saturated carbocycles. The van der Waals surface area contributed by atoms with Gasteiger partial charge in [0.05, 0.1) is 0 Å². The summed E-state index contributed by atoms with van der Waals surface area (Å²) in [5.74, 6) is 0. The van der Waals surface area contributed by atoms with Gasteiger partial charge in [0.25, 0.3) is 0 Å². The summed E-state index contributed by atoms with van der Waals surface area (Å²) >= 11 is 0. The monoisotopic (exact) mass is 244 g/mol. The molecule has 0 aliphatic heterocycles. The molecule has 0 saturated heterocycles. The van der Waals surface area contributed by atoms with E-state index in [4.69, 9.17) is 22.9 Å². The molecule has 0 amide bonds. The average molecular weight is 244 g/mol. The highest BCUT2D eigenvalue weighted by atomic mass is 14.7. The van der Waals surface area contributed by atoms with Crippen LogP contribution in [-0.2, 0) is 0 Å². The van der Waals surface area contributed by atoms with Crippen LogP contribution in [0.4, 0.5) is 0 Å². The molecule has 0 aromatic rings. The van der Waals surface area contributed by atoms with E-state index in [0.29, 0.717) is 26.2 Å². The molecule has 8 N–H and O–H groups in total. The second-order valence-electron chi connectivity index (χ2n) is 6.00. The van der Waals surface area contributed by atoms with Crippen LogP contribution in [0.15, 0.2) is 0 Å². The zero-order chi connectivity index (χ0) is 13.4. The molecule has 0 aromatic carbocycles. The summed E-state index contributed by atoms with van der Waals surface area (Å²) < 4.78 is 0. The van der Waals surface area contributed by atoms with E-state index in [1.807, 2.05) is 0 Å². The number of rotatable bonds is 10. The SMILES string of the molecule is CC(CN)(CN)CCCCCC(C)(CN)CN. The number of hydrogen-bond acceptors (Lipinski definition) is 4. The van der Waals surface area contributed by atoms with Crippen molar-refractivity contribution in [2.24, 2.45) is 33.8 Å². The van der Waals surface area contributed by atoms with Crippen LogP contribution in [0, 0.1) is 10.8 Å². The van der Waals surface area contributed by atoms with Crippen molar-refractivity contribution in [1.82, 2.24) is 0 Å². The zero-order valence-electron chi connectivity index (χ0n) is 11.7. The third-order valence-corrected chi connectivity index (χ3v) is 4.03. The van der Waals surface area contributed by atoms with E-state index in [9.17, 15) is 0 Å². The highest BCUT2D eigenvalue weighted by Gasteiger charge is 2.21. The van der Waals surface area contributed by atoms with Gasteiger partial charge in [0.2, 0.25) is 0 Å². The molecular weight excluding hydrogens is 212 g/mol. The predicted octanol–water partition coefficient (Wildman–Crippen LogP) is 0.784. The van der Waals surface area contributed by atoms with E-state index in [2.05, 4.69) is 13.8 Å². The smallest absolute Gasteiger partial charge is 0.00111 e. The van der Waals surface area contributed by atoms with Crippen molar-refractivity contribution in [3.8, 4) is 0 Å². The molecule has 0 aliphatic rings. The van der Waals surface area contributed by atoms with E-state index in [1.165, 1.54) is 19.3 Å². The molecule has 0 heterocycles. The lowest BCUT2D eigenvalue weighted by Crippen LogP contribution is -2.35. The molecule has 0 rings (SSSR count). The molecular formula is C13H32N4. The van der Waals surface area contributed by atoms with Gasteiger partial charge in [0.15, 0.2) is 0 Å². The summed E-state index contributed by atoms with van der Waals surface area (Å²) in [6.45, 7) is 7.02. The van der Waals surface area contributed by atoms with Crippen molar-refractivity contribution < 1.29 is 0 Å². The fourth-order valence-corrected chi connectivity index (χ4v) is 1.86. The molecule has 0 unspecified atom stereocenters. The normalized spacial score (nSPS) is 13.1. The first-order valence-electron chi connectivity index (χ1n) is 6.75. The van der Waals surface area contributed by atoms with Crippen LogP contribution in [0.25, 0.3) is 0 Å². The first-order chi connectivity index (χ1) is 7.95. The fourth-order valence-electron chi connectivity index (χ4n) is 1.86. The molecule has 4 nitrogen and oxygen atoms in total. The Morgan fingerprint density at radius 3 is 1.12 bits per heavy atom. The lowest BCUT2D eigenvalue weighted by molar-refractivity contribution is 0.283. The molecule has 0 fully saturated rings. The summed E-state index contributed by atoms with van der Waals surface area (Å²) in [4.78, 5) is 0. The lowest BCUT2D eigenvalue weighted by Gasteiger charge is -2.27. The minimum absolute atomic E-state index is 0.116. The molecule has 4 heteroatoms. The molecule has 0 aliphatic carbocycles. The molecule has 0 bridgehead atoms. The first-order valence-corrected chi connectivity index (χ1v) is 6.75. The first kappa shape index (κ1) is 16.8. The van der Waals surface area contributed by atoms with Crippen LogP contribution >= 0.6 is 0 Å². The number of nitrogens with two attached hydrogens (primary N) is 4. The van der Waals surface area contributed by atoms with Crippen molar-refractivity contribution >= 4 is 0 Å². The number of unbranched alkanes of at least 4 members (excludes halogenated alkanes) is 2. The maximum atomic E-state index is 5.73. The Bertz CT molecular complexity index is 166. The Labute approximate surface area is 106 Å². The lowest BCUT2D eigenvalue weighted by atomic mass is 9.82. The van der Waals surface area contributed by atoms with Crippen LogP contribution in [0.1, 0.15) is 46.0 Å². The van der Waals surface area contributed by atoms with Crippen LogP contribution in [0.2, 0.25) is 0 Å². The van der Waals surface area contributed by atoms with Gasteiger partial charge in [0, 0.05) is 0 Å². The quantitative estimate of drug-likeness (QED) is 0.426. The van der Waals surface area contributed by atoms with E-state index >= 15 is 0 Å². The van der Waals surface area contributed by atoms with E-state index in [-0.39, 0.29) is 10.8 Å². The highest BCUT2D eigenvalue weighted by molar-refractivity contribution is 4.78. The standard InChI is InChI=1S/C13H32N4/c1-12(8-14,9-15)6-4-3-5-7-13(2,10-16)11-17/h3-11,14-17H2,1-2H3. The minimum Gasteiger partial charge on any atom is -0.330 e. The largest absolute Gasteiger partial charge is 0.330 e. The Morgan fingerprint density at radius 2 is 0.882 bits per heavy atom. The van der Waals surface area contributed by atoms with Gasteiger partial charge in [-0.25, -0.2) is 0 Å². The third-order valence-electron chi connectivity index (χ3n) is 4.03. The molecule has 0 aromatic heterocycles. The molecule has 0 spiro atoms. The topological polar surface area (TPSA) is 104 Å². The van der Waals surface area contributed by atoms with Gasteiger partial charge in [-0.05, 0) is 49.9 Å². The van der Waals surface area contributed by atoms with E-state index < -0.39 is 0 Å². The Balaban J connectivity index is 3.72. The summed E-state index contributed by atoms with van der Waals surface area (Å²) in [5.41, 5.74) is 23.2. The van der Waals surface area contributed by atoms with Crippen molar-refractivity contribution in [3.63, 3.8) is 0 Å². The van der Waals surface area contributed by atoms with E-state index in [1.54, 1.807) is 0 Å². The van der Waals surface area contributed by atoms with Gasteiger partial charge in [-0.2, -0.15) is 0 Å². The van der Waals surface area contributed by atoms with Crippen molar-refractivity contribution in [3.05, 3.63) is 0 Å². The Hall–Kier alpha value is -0.160. The van der Waals surface area contributed by atoms with Crippen molar-refractivity contribution in [2.75, 3.05) is 26.2 Å². The highest BCUT2D eigenvalue weighted by Crippen LogP contribution is 2.25. The van der Waals surface area contributed by atoms with Crippen LogP contribution in [0.3, 0.4) is 0 Å². The third kappa shape index (κ3) is 6.36. The van der Waals surface area contributed by atoms with Gasteiger partial charge in [-0.15, -0.1) is 0 Å². The summed E-state index contributed by atoms with van der Waals surface area (Å²) in [7, 11) is 0. The Morgan fingerprint density at radius 1 is 0.588 bits per heavy atom. The zero-order valence-corrected chi connectivity index (χ0v) is 11.7. The van der Waals surface area contributed by atoms with Gasteiger partial charge >= 0.3 is 0 Å². The van der Waals surface area contributed by atoms with Gasteiger partial charge in [0.1, 0.15) is 0 Å². The average Bonchev–Trinajstić information content (AvgIpc) is 2.37. The number of hydrogen-bond donors (Lipinski definition) is 4. The van der Waals surface area contributed by atoms with Crippen LogP contribution in [-0.4, -0.2) is 26.2 Å². The molecule has 0 atom stereocenters. The summed E-state index contributed by atoms with van der Waals surface area (Å²) in [6.07, 6.45) is 5.82. The van der Waals surface area contributed by atoms with Crippen molar-refractivity contribution in [1.29, 1.82) is 0 Å². The fraction of sp³-hybridized carbons (Fsp3) is 1.00. The molecule has 104 valence electrons. The van der Waals surface area contributed by atoms with Gasteiger partial charge in [-0.3, -0.25) is 0 Å². The van der Waals surface area contributed by atoms with Gasteiger partial charge in [-0.1, -0.05) is 33.1 Å². The Kier molecular flexibility index (Phi) is 7.96. The molecule has 0 radical (unpaired) electrons.